The van der Waals surface area contributed by atoms with Crippen molar-refractivity contribution >= 4 is 15.9 Å². The van der Waals surface area contributed by atoms with E-state index in [1.807, 2.05) is 24.3 Å². The zero-order valence-electron chi connectivity index (χ0n) is 11.4. The second-order valence-electron chi connectivity index (χ2n) is 4.97. The van der Waals surface area contributed by atoms with Gasteiger partial charge in [0, 0.05) is 10.5 Å². The molecule has 2 aromatic carbocycles. The van der Waals surface area contributed by atoms with Crippen LogP contribution in [0.2, 0.25) is 0 Å². The third-order valence-electron chi connectivity index (χ3n) is 3.39. The predicted octanol–water partition coefficient (Wildman–Crippen LogP) is 5.02. The fourth-order valence-electron chi connectivity index (χ4n) is 2.28. The summed E-state index contributed by atoms with van der Waals surface area (Å²) in [7, 11) is 0. The van der Waals surface area contributed by atoms with Crippen molar-refractivity contribution in [2.24, 2.45) is 5.73 Å². The van der Waals surface area contributed by atoms with E-state index < -0.39 is 11.7 Å². The summed E-state index contributed by atoms with van der Waals surface area (Å²) < 4.78 is 38.9. The van der Waals surface area contributed by atoms with Gasteiger partial charge in [-0.3, -0.25) is 0 Å². The van der Waals surface area contributed by atoms with E-state index in [2.05, 4.69) is 15.9 Å². The molecule has 0 aromatic heterocycles. The summed E-state index contributed by atoms with van der Waals surface area (Å²) in [6.45, 7) is 1.66. The van der Waals surface area contributed by atoms with Gasteiger partial charge < -0.3 is 5.73 Å². The second kappa shape index (κ2) is 6.20. The van der Waals surface area contributed by atoms with Crippen LogP contribution in [-0.4, -0.2) is 0 Å². The standard InChI is InChI=1S/C16H15BrF3N/c1-10-8-12(16(18,19)20)6-7-13(10)15(21)9-11-4-2-3-5-14(11)17/h2-8,15H,9,21H2,1H3. The summed E-state index contributed by atoms with van der Waals surface area (Å²) in [5, 5.41) is 0. The Balaban J connectivity index is 2.24. The Morgan fingerprint density at radius 1 is 1.14 bits per heavy atom. The normalized spacial score (nSPS) is 13.2. The van der Waals surface area contributed by atoms with E-state index in [9.17, 15) is 13.2 Å². The van der Waals surface area contributed by atoms with Gasteiger partial charge in [0.2, 0.25) is 0 Å². The van der Waals surface area contributed by atoms with Crippen molar-refractivity contribution in [1.29, 1.82) is 0 Å². The molecule has 0 heterocycles. The zero-order chi connectivity index (χ0) is 15.6. The van der Waals surface area contributed by atoms with Gasteiger partial charge in [-0.05, 0) is 48.2 Å². The first-order valence-electron chi connectivity index (χ1n) is 6.46. The molecule has 0 spiro atoms. The highest BCUT2D eigenvalue weighted by Crippen LogP contribution is 2.32. The molecular formula is C16H15BrF3N. The van der Waals surface area contributed by atoms with Crippen molar-refractivity contribution in [3.05, 3.63) is 69.2 Å². The van der Waals surface area contributed by atoms with E-state index in [-0.39, 0.29) is 6.04 Å². The van der Waals surface area contributed by atoms with Crippen LogP contribution in [0.5, 0.6) is 0 Å². The molecule has 1 nitrogen and oxygen atoms in total. The average Bonchev–Trinajstić information content (AvgIpc) is 2.40. The summed E-state index contributed by atoms with van der Waals surface area (Å²) in [4.78, 5) is 0. The maximum Gasteiger partial charge on any atom is 0.416 e. The molecule has 0 bridgehead atoms. The lowest BCUT2D eigenvalue weighted by Crippen LogP contribution is -2.16. The molecule has 0 saturated heterocycles. The van der Waals surface area contributed by atoms with Gasteiger partial charge in [-0.25, -0.2) is 0 Å². The Morgan fingerprint density at radius 3 is 2.38 bits per heavy atom. The average molecular weight is 358 g/mol. The molecule has 1 atom stereocenters. The molecule has 2 N–H and O–H groups in total. The number of halogens is 4. The van der Waals surface area contributed by atoms with Crippen LogP contribution < -0.4 is 5.73 Å². The van der Waals surface area contributed by atoms with Gasteiger partial charge >= 0.3 is 6.18 Å². The van der Waals surface area contributed by atoms with E-state index in [4.69, 9.17) is 5.73 Å². The van der Waals surface area contributed by atoms with Gasteiger partial charge in [0.25, 0.3) is 0 Å². The molecule has 21 heavy (non-hydrogen) atoms. The minimum absolute atomic E-state index is 0.342. The van der Waals surface area contributed by atoms with Gasteiger partial charge in [-0.1, -0.05) is 40.2 Å². The fourth-order valence-corrected chi connectivity index (χ4v) is 2.73. The van der Waals surface area contributed by atoms with Gasteiger partial charge in [-0.2, -0.15) is 13.2 Å². The molecule has 2 rings (SSSR count). The van der Waals surface area contributed by atoms with Crippen molar-refractivity contribution in [3.8, 4) is 0 Å². The Hall–Kier alpha value is -1.33. The quantitative estimate of drug-likeness (QED) is 0.819. The number of hydrogen-bond acceptors (Lipinski definition) is 1. The second-order valence-corrected chi connectivity index (χ2v) is 5.83. The Kier molecular flexibility index (Phi) is 4.74. The summed E-state index contributed by atoms with van der Waals surface area (Å²) in [5.41, 5.74) is 7.84. The van der Waals surface area contributed by atoms with Crippen LogP contribution in [0.1, 0.15) is 28.3 Å². The van der Waals surface area contributed by atoms with Crippen LogP contribution >= 0.6 is 15.9 Å². The van der Waals surface area contributed by atoms with Gasteiger partial charge in [0.15, 0.2) is 0 Å². The highest BCUT2D eigenvalue weighted by atomic mass is 79.9. The molecular weight excluding hydrogens is 343 g/mol. The molecule has 0 aliphatic carbocycles. The van der Waals surface area contributed by atoms with Crippen molar-refractivity contribution < 1.29 is 13.2 Å². The first-order valence-corrected chi connectivity index (χ1v) is 7.25. The molecule has 0 saturated carbocycles. The van der Waals surface area contributed by atoms with E-state index in [1.165, 1.54) is 6.07 Å². The topological polar surface area (TPSA) is 26.0 Å². The third-order valence-corrected chi connectivity index (χ3v) is 4.17. The number of hydrogen-bond donors (Lipinski definition) is 1. The van der Waals surface area contributed by atoms with Crippen LogP contribution in [0.25, 0.3) is 0 Å². The molecule has 0 aliphatic heterocycles. The molecule has 1 unspecified atom stereocenters. The van der Waals surface area contributed by atoms with Crippen molar-refractivity contribution in [2.75, 3.05) is 0 Å². The summed E-state index contributed by atoms with van der Waals surface area (Å²) in [6.07, 6.45) is -3.76. The number of benzene rings is 2. The monoisotopic (exact) mass is 357 g/mol. The minimum atomic E-state index is -4.32. The Labute approximate surface area is 130 Å². The predicted molar refractivity (Wildman–Crippen MR) is 81.0 cm³/mol. The number of rotatable bonds is 3. The van der Waals surface area contributed by atoms with E-state index >= 15 is 0 Å². The number of aryl methyl sites for hydroxylation is 1. The minimum Gasteiger partial charge on any atom is -0.324 e. The third kappa shape index (κ3) is 3.86. The molecule has 5 heteroatoms. The van der Waals surface area contributed by atoms with Gasteiger partial charge in [-0.15, -0.1) is 0 Å². The van der Waals surface area contributed by atoms with Crippen molar-refractivity contribution in [2.45, 2.75) is 25.6 Å². The smallest absolute Gasteiger partial charge is 0.324 e. The first kappa shape index (κ1) is 16.0. The highest BCUT2D eigenvalue weighted by Gasteiger charge is 2.30. The van der Waals surface area contributed by atoms with Crippen LogP contribution in [0.3, 0.4) is 0 Å². The Bertz CT molecular complexity index is 638. The molecule has 2 aromatic rings. The van der Waals surface area contributed by atoms with Gasteiger partial charge in [0.1, 0.15) is 0 Å². The van der Waals surface area contributed by atoms with Crippen LogP contribution in [0.4, 0.5) is 13.2 Å². The molecule has 0 fully saturated rings. The van der Waals surface area contributed by atoms with Crippen LogP contribution in [0, 0.1) is 6.92 Å². The van der Waals surface area contributed by atoms with Crippen LogP contribution in [0.15, 0.2) is 46.9 Å². The zero-order valence-corrected chi connectivity index (χ0v) is 13.0. The lowest BCUT2D eigenvalue weighted by atomic mass is 9.94. The van der Waals surface area contributed by atoms with E-state index in [0.29, 0.717) is 12.0 Å². The number of nitrogens with two attached hydrogens (primary N) is 1. The molecule has 0 radical (unpaired) electrons. The maximum absolute atomic E-state index is 12.7. The van der Waals surface area contributed by atoms with Crippen LogP contribution in [-0.2, 0) is 12.6 Å². The van der Waals surface area contributed by atoms with Crippen molar-refractivity contribution in [3.63, 3.8) is 0 Å². The lowest BCUT2D eigenvalue weighted by molar-refractivity contribution is -0.137. The SMILES string of the molecule is Cc1cc(C(F)(F)F)ccc1C(N)Cc1ccccc1Br. The number of alkyl halides is 3. The fraction of sp³-hybridized carbons (Fsp3) is 0.250. The first-order chi connectivity index (χ1) is 9.79. The maximum atomic E-state index is 12.7. The summed E-state index contributed by atoms with van der Waals surface area (Å²) >= 11 is 3.45. The lowest BCUT2D eigenvalue weighted by Gasteiger charge is -2.17. The molecule has 0 aliphatic rings. The molecule has 112 valence electrons. The molecule has 0 amide bonds. The highest BCUT2D eigenvalue weighted by molar-refractivity contribution is 9.10. The largest absolute Gasteiger partial charge is 0.416 e. The Morgan fingerprint density at radius 2 is 1.81 bits per heavy atom. The van der Waals surface area contributed by atoms with Crippen molar-refractivity contribution in [1.82, 2.24) is 0 Å². The summed E-state index contributed by atoms with van der Waals surface area (Å²) in [5.74, 6) is 0. The summed E-state index contributed by atoms with van der Waals surface area (Å²) in [6, 6.07) is 11.0. The van der Waals surface area contributed by atoms with E-state index in [0.717, 1.165) is 27.7 Å². The van der Waals surface area contributed by atoms with E-state index in [1.54, 1.807) is 6.92 Å². The van der Waals surface area contributed by atoms with Gasteiger partial charge in [0.05, 0.1) is 5.56 Å².